The van der Waals surface area contributed by atoms with E-state index in [0.29, 0.717) is 17.8 Å². The van der Waals surface area contributed by atoms with E-state index in [1.165, 1.54) is 16.8 Å². The predicted molar refractivity (Wildman–Crippen MR) is 60.1 cm³/mol. The standard InChI is InChI=1S/C11H12FN3O/c1-2-9-10(13)11(16)15(14-9)8-5-3-4-7(12)6-8/h3-6,14H,2,13H2,1H3. The van der Waals surface area contributed by atoms with Gasteiger partial charge in [-0.2, -0.15) is 0 Å². The van der Waals surface area contributed by atoms with E-state index in [9.17, 15) is 9.18 Å². The van der Waals surface area contributed by atoms with Crippen LogP contribution in [-0.4, -0.2) is 9.78 Å². The van der Waals surface area contributed by atoms with E-state index in [-0.39, 0.29) is 11.2 Å². The van der Waals surface area contributed by atoms with Crippen LogP contribution in [0.1, 0.15) is 12.6 Å². The van der Waals surface area contributed by atoms with Crippen LogP contribution in [0.4, 0.5) is 10.1 Å². The third-order valence-corrected chi connectivity index (χ3v) is 2.43. The van der Waals surface area contributed by atoms with E-state index in [1.807, 2.05) is 6.92 Å². The van der Waals surface area contributed by atoms with Crippen molar-refractivity contribution in [2.45, 2.75) is 13.3 Å². The number of anilines is 1. The Hall–Kier alpha value is -2.04. The highest BCUT2D eigenvalue weighted by Gasteiger charge is 2.10. The number of nitrogens with zero attached hydrogens (tertiary/aromatic N) is 1. The molecule has 16 heavy (non-hydrogen) atoms. The summed E-state index contributed by atoms with van der Waals surface area (Å²) >= 11 is 0. The first-order chi connectivity index (χ1) is 7.63. The molecule has 0 aliphatic carbocycles. The molecular weight excluding hydrogens is 209 g/mol. The summed E-state index contributed by atoms with van der Waals surface area (Å²) < 4.78 is 14.3. The topological polar surface area (TPSA) is 63.8 Å². The number of benzene rings is 1. The van der Waals surface area contributed by atoms with Crippen LogP contribution in [0.25, 0.3) is 5.69 Å². The Bertz CT molecular complexity index is 571. The number of nitrogen functional groups attached to an aromatic ring is 1. The minimum atomic E-state index is -0.393. The van der Waals surface area contributed by atoms with Gasteiger partial charge in [-0.1, -0.05) is 13.0 Å². The minimum absolute atomic E-state index is 0.187. The van der Waals surface area contributed by atoms with Crippen molar-refractivity contribution < 1.29 is 4.39 Å². The van der Waals surface area contributed by atoms with Crippen molar-refractivity contribution in [1.82, 2.24) is 9.78 Å². The maximum Gasteiger partial charge on any atom is 0.294 e. The van der Waals surface area contributed by atoms with Gasteiger partial charge in [0.2, 0.25) is 0 Å². The quantitative estimate of drug-likeness (QED) is 0.806. The molecule has 0 fully saturated rings. The van der Waals surface area contributed by atoms with Crippen molar-refractivity contribution in [2.24, 2.45) is 0 Å². The van der Waals surface area contributed by atoms with E-state index >= 15 is 0 Å². The van der Waals surface area contributed by atoms with Gasteiger partial charge in [0.15, 0.2) is 0 Å². The van der Waals surface area contributed by atoms with E-state index in [1.54, 1.807) is 12.1 Å². The van der Waals surface area contributed by atoms with Crippen molar-refractivity contribution in [3.8, 4) is 5.69 Å². The van der Waals surface area contributed by atoms with Gasteiger partial charge in [-0.25, -0.2) is 9.07 Å². The zero-order chi connectivity index (χ0) is 11.7. The van der Waals surface area contributed by atoms with E-state index in [0.717, 1.165) is 0 Å². The summed E-state index contributed by atoms with van der Waals surface area (Å²) in [5.74, 6) is -0.393. The lowest BCUT2D eigenvalue weighted by Crippen LogP contribution is -2.16. The molecule has 0 bridgehead atoms. The van der Waals surface area contributed by atoms with Gasteiger partial charge < -0.3 is 5.73 Å². The van der Waals surface area contributed by atoms with Crippen molar-refractivity contribution >= 4 is 5.69 Å². The zero-order valence-electron chi connectivity index (χ0n) is 8.83. The Morgan fingerprint density at radius 3 is 2.81 bits per heavy atom. The highest BCUT2D eigenvalue weighted by molar-refractivity contribution is 5.44. The number of hydrogen-bond acceptors (Lipinski definition) is 2. The molecule has 1 aromatic carbocycles. The lowest BCUT2D eigenvalue weighted by atomic mass is 10.3. The Kier molecular flexibility index (Phi) is 2.52. The van der Waals surface area contributed by atoms with Crippen LogP contribution in [0, 0.1) is 5.82 Å². The molecule has 0 radical (unpaired) electrons. The number of halogens is 1. The maximum absolute atomic E-state index is 13.0. The molecule has 84 valence electrons. The molecular formula is C11H12FN3O. The van der Waals surface area contributed by atoms with Crippen molar-refractivity contribution in [2.75, 3.05) is 5.73 Å². The Morgan fingerprint density at radius 2 is 2.25 bits per heavy atom. The van der Waals surface area contributed by atoms with E-state index < -0.39 is 5.82 Å². The molecule has 0 amide bonds. The molecule has 0 saturated heterocycles. The van der Waals surface area contributed by atoms with Crippen LogP contribution in [-0.2, 0) is 6.42 Å². The van der Waals surface area contributed by atoms with Crippen molar-refractivity contribution in [3.05, 3.63) is 46.1 Å². The Balaban J connectivity index is 2.61. The molecule has 1 heterocycles. The summed E-state index contributed by atoms with van der Waals surface area (Å²) in [6.45, 7) is 1.89. The lowest BCUT2D eigenvalue weighted by molar-refractivity contribution is 0.625. The monoisotopic (exact) mass is 221 g/mol. The van der Waals surface area contributed by atoms with Gasteiger partial charge in [-0.05, 0) is 24.6 Å². The number of aryl methyl sites for hydroxylation is 1. The Morgan fingerprint density at radius 1 is 1.50 bits per heavy atom. The normalized spacial score (nSPS) is 10.6. The number of aromatic nitrogens is 2. The summed E-state index contributed by atoms with van der Waals surface area (Å²) in [7, 11) is 0. The van der Waals surface area contributed by atoms with Gasteiger partial charge in [-0.15, -0.1) is 0 Å². The van der Waals surface area contributed by atoms with Crippen LogP contribution in [0.3, 0.4) is 0 Å². The smallest absolute Gasteiger partial charge is 0.294 e. The second-order valence-corrected chi connectivity index (χ2v) is 3.48. The van der Waals surface area contributed by atoms with Crippen molar-refractivity contribution in [1.29, 1.82) is 0 Å². The molecule has 2 aromatic rings. The average Bonchev–Trinajstić information content (AvgIpc) is 2.56. The second-order valence-electron chi connectivity index (χ2n) is 3.48. The predicted octanol–water partition coefficient (Wildman–Crippen LogP) is 1.45. The van der Waals surface area contributed by atoms with Crippen molar-refractivity contribution in [3.63, 3.8) is 0 Å². The molecule has 2 rings (SSSR count). The highest BCUT2D eigenvalue weighted by Crippen LogP contribution is 2.10. The number of nitrogens with two attached hydrogens (primary N) is 1. The molecule has 4 nitrogen and oxygen atoms in total. The molecule has 5 heteroatoms. The number of hydrogen-bond donors (Lipinski definition) is 2. The van der Waals surface area contributed by atoms with E-state index in [4.69, 9.17) is 5.73 Å². The van der Waals surface area contributed by atoms with E-state index in [2.05, 4.69) is 5.10 Å². The van der Waals surface area contributed by atoms with Crippen LogP contribution < -0.4 is 11.3 Å². The molecule has 0 unspecified atom stereocenters. The largest absolute Gasteiger partial charge is 0.393 e. The van der Waals surface area contributed by atoms with Gasteiger partial charge in [0.25, 0.3) is 5.56 Å². The molecule has 3 N–H and O–H groups in total. The number of nitrogens with one attached hydrogen (secondary N) is 1. The lowest BCUT2D eigenvalue weighted by Gasteiger charge is -2.00. The first kappa shape index (κ1) is 10.5. The average molecular weight is 221 g/mol. The maximum atomic E-state index is 13.0. The molecule has 0 saturated carbocycles. The minimum Gasteiger partial charge on any atom is -0.393 e. The molecule has 0 atom stereocenters. The number of rotatable bonds is 2. The van der Waals surface area contributed by atoms with Crippen LogP contribution in [0.5, 0.6) is 0 Å². The highest BCUT2D eigenvalue weighted by atomic mass is 19.1. The van der Waals surface area contributed by atoms with Crippen LogP contribution in [0.2, 0.25) is 0 Å². The second kappa shape index (κ2) is 3.84. The van der Waals surface area contributed by atoms with Gasteiger partial charge in [0, 0.05) is 0 Å². The first-order valence-corrected chi connectivity index (χ1v) is 4.98. The fourth-order valence-electron chi connectivity index (χ4n) is 1.56. The summed E-state index contributed by atoms with van der Waals surface area (Å²) in [6.07, 6.45) is 0.628. The number of H-pyrrole nitrogens is 1. The van der Waals surface area contributed by atoms with Gasteiger partial charge in [0.1, 0.15) is 11.5 Å². The molecule has 1 aromatic heterocycles. The Labute approximate surface area is 91.5 Å². The van der Waals surface area contributed by atoms with Gasteiger partial charge in [0.05, 0.1) is 11.4 Å². The van der Waals surface area contributed by atoms with Crippen LogP contribution in [0.15, 0.2) is 29.1 Å². The zero-order valence-corrected chi connectivity index (χ0v) is 8.83. The summed E-state index contributed by atoms with van der Waals surface area (Å²) in [4.78, 5) is 11.7. The fraction of sp³-hybridized carbons (Fsp3) is 0.182. The van der Waals surface area contributed by atoms with Crippen LogP contribution >= 0.6 is 0 Å². The summed E-state index contributed by atoms with van der Waals surface area (Å²) in [5, 5.41) is 2.86. The molecule has 0 aliphatic rings. The third kappa shape index (κ3) is 1.60. The first-order valence-electron chi connectivity index (χ1n) is 4.98. The molecule has 0 aliphatic heterocycles. The van der Waals surface area contributed by atoms with Gasteiger partial charge in [-0.3, -0.25) is 9.89 Å². The fourth-order valence-corrected chi connectivity index (χ4v) is 1.56. The third-order valence-electron chi connectivity index (χ3n) is 2.43. The SMILES string of the molecule is CCc1[nH]n(-c2cccc(F)c2)c(=O)c1N. The summed E-state index contributed by atoms with van der Waals surface area (Å²) in [5.41, 5.74) is 6.58. The number of aromatic amines is 1. The summed E-state index contributed by atoms with van der Waals surface area (Å²) in [6, 6.07) is 5.78. The molecule has 0 spiro atoms. The van der Waals surface area contributed by atoms with Gasteiger partial charge >= 0.3 is 0 Å².